The molecule has 0 spiro atoms. The Morgan fingerprint density at radius 1 is 1.26 bits per heavy atom. The molecule has 0 N–H and O–H groups in total. The smallest absolute Gasteiger partial charge is 0.325 e. The maximum atomic E-state index is 12.5. The summed E-state index contributed by atoms with van der Waals surface area (Å²) in [6.45, 7) is 1.43. The first-order valence-corrected chi connectivity index (χ1v) is 8.00. The fourth-order valence-corrected chi connectivity index (χ4v) is 3.23. The summed E-state index contributed by atoms with van der Waals surface area (Å²) in [7, 11) is -3.21. The van der Waals surface area contributed by atoms with E-state index in [1.807, 2.05) is 0 Å². The number of rotatable bonds is 7. The number of nitro groups is 1. The number of hydrogen-bond donors (Lipinski definition) is 0. The van der Waals surface area contributed by atoms with Crippen LogP contribution in [-0.2, 0) is 28.9 Å². The van der Waals surface area contributed by atoms with E-state index in [0.717, 1.165) is 31.4 Å². The van der Waals surface area contributed by atoms with Crippen LogP contribution in [0.1, 0.15) is 13.3 Å². The van der Waals surface area contributed by atoms with Crippen LogP contribution in [0.3, 0.4) is 0 Å². The Hall–Kier alpha value is -2.49. The summed E-state index contributed by atoms with van der Waals surface area (Å²) in [5, 5.41) is 8.81. The zero-order valence-corrected chi connectivity index (χ0v) is 13.2. The highest BCUT2D eigenvalue weighted by Crippen LogP contribution is 2.22. The standard InChI is InChI=1S/C13H15NO8S/c1-3-22-13(16)11(8-12(15)21-2)23(19,20)10-6-4-9(5-7-10)14(17)18/h4-7,11H,3,8H2,1-2H3. The Morgan fingerprint density at radius 3 is 2.26 bits per heavy atom. The topological polar surface area (TPSA) is 130 Å². The lowest BCUT2D eigenvalue weighted by Gasteiger charge is -2.15. The van der Waals surface area contributed by atoms with Crippen LogP contribution in [0.2, 0.25) is 0 Å². The molecule has 0 saturated heterocycles. The van der Waals surface area contributed by atoms with E-state index in [1.165, 1.54) is 6.92 Å². The van der Waals surface area contributed by atoms with E-state index in [1.54, 1.807) is 0 Å². The maximum absolute atomic E-state index is 12.5. The zero-order valence-electron chi connectivity index (χ0n) is 12.4. The first kappa shape index (κ1) is 18.6. The van der Waals surface area contributed by atoms with Gasteiger partial charge in [-0.25, -0.2) is 8.42 Å². The number of non-ortho nitro benzene ring substituents is 1. The van der Waals surface area contributed by atoms with Gasteiger partial charge in [0.05, 0.1) is 30.0 Å². The van der Waals surface area contributed by atoms with E-state index in [-0.39, 0.29) is 17.2 Å². The van der Waals surface area contributed by atoms with Gasteiger partial charge in [0.25, 0.3) is 5.69 Å². The average Bonchev–Trinajstić information content (AvgIpc) is 2.52. The molecule has 1 aromatic carbocycles. The van der Waals surface area contributed by atoms with Crippen LogP contribution in [0, 0.1) is 10.1 Å². The Morgan fingerprint density at radius 2 is 1.83 bits per heavy atom. The molecule has 0 bridgehead atoms. The molecule has 0 fully saturated rings. The second-order valence-electron chi connectivity index (χ2n) is 4.32. The fourth-order valence-electron chi connectivity index (χ4n) is 1.71. The molecule has 0 radical (unpaired) electrons. The number of nitrogens with zero attached hydrogens (tertiary/aromatic N) is 1. The number of nitro benzene ring substituents is 1. The second-order valence-corrected chi connectivity index (χ2v) is 6.45. The van der Waals surface area contributed by atoms with Crippen molar-refractivity contribution in [2.24, 2.45) is 0 Å². The maximum Gasteiger partial charge on any atom is 0.325 e. The van der Waals surface area contributed by atoms with E-state index >= 15 is 0 Å². The number of esters is 2. The van der Waals surface area contributed by atoms with Gasteiger partial charge < -0.3 is 9.47 Å². The summed E-state index contributed by atoms with van der Waals surface area (Å²) in [5.41, 5.74) is -0.301. The molecule has 1 atom stereocenters. The quantitative estimate of drug-likeness (QED) is 0.404. The zero-order chi connectivity index (χ0) is 17.6. The second kappa shape index (κ2) is 7.68. The highest BCUT2D eigenvalue weighted by molar-refractivity contribution is 7.92. The summed E-state index contributed by atoms with van der Waals surface area (Å²) < 4.78 is 34.1. The minimum absolute atomic E-state index is 0.0632. The van der Waals surface area contributed by atoms with Crippen LogP contribution in [0.5, 0.6) is 0 Å². The molecule has 10 heteroatoms. The predicted molar refractivity (Wildman–Crippen MR) is 77.3 cm³/mol. The van der Waals surface area contributed by atoms with Crippen LogP contribution in [0.4, 0.5) is 5.69 Å². The average molecular weight is 345 g/mol. The highest BCUT2D eigenvalue weighted by Gasteiger charge is 2.37. The van der Waals surface area contributed by atoms with Crippen molar-refractivity contribution >= 4 is 27.5 Å². The number of ether oxygens (including phenoxy) is 2. The molecule has 9 nitrogen and oxygen atoms in total. The van der Waals surface area contributed by atoms with Crippen LogP contribution in [-0.4, -0.2) is 44.2 Å². The van der Waals surface area contributed by atoms with Crippen LogP contribution in [0.25, 0.3) is 0 Å². The summed E-state index contributed by atoms with van der Waals surface area (Å²) in [5.74, 6) is -1.98. The van der Waals surface area contributed by atoms with Gasteiger partial charge in [0.1, 0.15) is 0 Å². The molecule has 1 rings (SSSR count). The lowest BCUT2D eigenvalue weighted by molar-refractivity contribution is -0.384. The van der Waals surface area contributed by atoms with Gasteiger partial charge in [0.15, 0.2) is 15.1 Å². The Bertz CT molecular complexity index is 695. The van der Waals surface area contributed by atoms with E-state index in [0.29, 0.717) is 0 Å². The van der Waals surface area contributed by atoms with Crippen molar-refractivity contribution in [1.29, 1.82) is 0 Å². The van der Waals surface area contributed by atoms with Crippen molar-refractivity contribution in [3.63, 3.8) is 0 Å². The number of methoxy groups -OCH3 is 1. The normalized spacial score (nSPS) is 12.3. The molecule has 126 valence electrons. The minimum Gasteiger partial charge on any atom is -0.469 e. The minimum atomic E-state index is -4.27. The van der Waals surface area contributed by atoms with Gasteiger partial charge in [-0.05, 0) is 19.1 Å². The molecule has 1 aromatic rings. The molecular weight excluding hydrogens is 330 g/mol. The van der Waals surface area contributed by atoms with Gasteiger partial charge in [-0.1, -0.05) is 0 Å². The highest BCUT2D eigenvalue weighted by atomic mass is 32.2. The number of carbonyl (C=O) groups excluding carboxylic acids is 2. The van der Waals surface area contributed by atoms with Crippen molar-refractivity contribution in [3.8, 4) is 0 Å². The van der Waals surface area contributed by atoms with Crippen molar-refractivity contribution < 1.29 is 32.4 Å². The van der Waals surface area contributed by atoms with Gasteiger partial charge >= 0.3 is 11.9 Å². The van der Waals surface area contributed by atoms with Crippen LogP contribution in [0.15, 0.2) is 29.2 Å². The molecule has 0 aliphatic carbocycles. The monoisotopic (exact) mass is 345 g/mol. The van der Waals surface area contributed by atoms with E-state index in [2.05, 4.69) is 9.47 Å². The third kappa shape index (κ3) is 4.49. The lowest BCUT2D eigenvalue weighted by Crippen LogP contribution is -2.34. The van der Waals surface area contributed by atoms with E-state index in [9.17, 15) is 28.1 Å². The molecule has 23 heavy (non-hydrogen) atoms. The summed E-state index contributed by atoms with van der Waals surface area (Å²) in [6.07, 6.45) is -0.714. The van der Waals surface area contributed by atoms with E-state index < -0.39 is 38.4 Å². The molecular formula is C13H15NO8S. The molecule has 0 amide bonds. The third-order valence-electron chi connectivity index (χ3n) is 2.88. The summed E-state index contributed by atoms with van der Waals surface area (Å²) >= 11 is 0. The Labute approximate surface area is 132 Å². The SMILES string of the molecule is CCOC(=O)C(CC(=O)OC)S(=O)(=O)c1ccc([N+](=O)[O-])cc1. The molecule has 1 unspecified atom stereocenters. The molecule has 0 aliphatic rings. The van der Waals surface area contributed by atoms with Gasteiger partial charge in [-0.3, -0.25) is 19.7 Å². The number of hydrogen-bond acceptors (Lipinski definition) is 8. The van der Waals surface area contributed by atoms with Crippen LogP contribution >= 0.6 is 0 Å². The van der Waals surface area contributed by atoms with Crippen molar-refractivity contribution in [2.75, 3.05) is 13.7 Å². The van der Waals surface area contributed by atoms with Gasteiger partial charge in [0.2, 0.25) is 0 Å². The van der Waals surface area contributed by atoms with Crippen molar-refractivity contribution in [3.05, 3.63) is 34.4 Å². The summed E-state index contributed by atoms with van der Waals surface area (Å²) in [6, 6.07) is 3.98. The molecule has 0 aromatic heterocycles. The third-order valence-corrected chi connectivity index (χ3v) is 4.92. The van der Waals surface area contributed by atoms with E-state index in [4.69, 9.17) is 0 Å². The Kier molecular flexibility index (Phi) is 6.19. The molecule has 0 heterocycles. The van der Waals surface area contributed by atoms with Crippen LogP contribution < -0.4 is 0 Å². The summed E-state index contributed by atoms with van der Waals surface area (Å²) in [4.78, 5) is 32.8. The molecule has 0 aliphatic heterocycles. The molecule has 0 saturated carbocycles. The predicted octanol–water partition coefficient (Wildman–Crippen LogP) is 0.863. The first-order chi connectivity index (χ1) is 10.7. The Balaban J connectivity index is 3.22. The van der Waals surface area contributed by atoms with Crippen molar-refractivity contribution in [1.82, 2.24) is 0 Å². The fraction of sp³-hybridized carbons (Fsp3) is 0.385. The van der Waals surface area contributed by atoms with Crippen molar-refractivity contribution in [2.45, 2.75) is 23.5 Å². The van der Waals surface area contributed by atoms with Gasteiger partial charge in [0, 0.05) is 12.1 Å². The first-order valence-electron chi connectivity index (χ1n) is 6.45. The number of sulfone groups is 1. The lowest BCUT2D eigenvalue weighted by atomic mass is 10.3. The number of benzene rings is 1. The number of carbonyl (C=O) groups is 2. The largest absolute Gasteiger partial charge is 0.469 e. The van der Waals surface area contributed by atoms with Gasteiger partial charge in [-0.15, -0.1) is 0 Å². The van der Waals surface area contributed by atoms with Gasteiger partial charge in [-0.2, -0.15) is 0 Å².